The molecule has 1 aliphatic carbocycles. The topological polar surface area (TPSA) is 41.1 Å². The molecule has 2 rings (SSSR count). The molecule has 0 fully saturated rings. The lowest BCUT2D eigenvalue weighted by Gasteiger charge is -2.12. The van der Waals surface area contributed by atoms with Gasteiger partial charge in [0.05, 0.1) is 0 Å². The van der Waals surface area contributed by atoms with Crippen molar-refractivity contribution in [3.63, 3.8) is 0 Å². The Hall–Kier alpha value is -1.06. The van der Waals surface area contributed by atoms with Crippen molar-refractivity contribution in [2.24, 2.45) is 5.92 Å². The molecular weight excluding hydrogens is 248 g/mol. The summed E-state index contributed by atoms with van der Waals surface area (Å²) < 4.78 is 0. The summed E-state index contributed by atoms with van der Waals surface area (Å²) in [5.74, 6) is 0.0746. The van der Waals surface area contributed by atoms with Crippen LogP contribution < -0.4 is 10.6 Å². The molecule has 18 heavy (non-hydrogen) atoms. The number of hydrogen-bond acceptors (Lipinski definition) is 2. The molecule has 1 atom stereocenters. The summed E-state index contributed by atoms with van der Waals surface area (Å²) in [5, 5.41) is 5.99. The van der Waals surface area contributed by atoms with Crippen molar-refractivity contribution < 1.29 is 4.79 Å². The predicted molar refractivity (Wildman–Crippen MR) is 77.4 cm³/mol. The SMILES string of the molecule is CNCC(C)C(=O)Nc1ccc2c(c1)CCC2.Cl. The van der Waals surface area contributed by atoms with Crippen LogP contribution in [0.5, 0.6) is 0 Å². The Morgan fingerprint density at radius 3 is 2.78 bits per heavy atom. The van der Waals surface area contributed by atoms with Gasteiger partial charge >= 0.3 is 0 Å². The van der Waals surface area contributed by atoms with E-state index in [2.05, 4.69) is 22.8 Å². The fraction of sp³-hybridized carbons (Fsp3) is 0.500. The molecule has 0 aromatic heterocycles. The van der Waals surface area contributed by atoms with Gasteiger partial charge in [0.15, 0.2) is 0 Å². The summed E-state index contributed by atoms with van der Waals surface area (Å²) in [6, 6.07) is 6.27. The molecule has 0 bridgehead atoms. The van der Waals surface area contributed by atoms with Crippen LogP contribution in [0.25, 0.3) is 0 Å². The first-order valence-corrected chi connectivity index (χ1v) is 6.28. The van der Waals surface area contributed by atoms with E-state index in [4.69, 9.17) is 0 Å². The Labute approximate surface area is 115 Å². The number of hydrogen-bond donors (Lipinski definition) is 2. The molecule has 0 aliphatic heterocycles. The number of anilines is 1. The van der Waals surface area contributed by atoms with Crippen molar-refractivity contribution in [2.75, 3.05) is 18.9 Å². The lowest BCUT2D eigenvalue weighted by atomic mass is 10.1. The van der Waals surface area contributed by atoms with Gasteiger partial charge in [-0.25, -0.2) is 0 Å². The quantitative estimate of drug-likeness (QED) is 0.880. The molecule has 4 heteroatoms. The molecule has 0 heterocycles. The highest BCUT2D eigenvalue weighted by molar-refractivity contribution is 5.92. The largest absolute Gasteiger partial charge is 0.326 e. The molecule has 0 saturated carbocycles. The van der Waals surface area contributed by atoms with Crippen molar-refractivity contribution in [3.05, 3.63) is 29.3 Å². The van der Waals surface area contributed by atoms with Crippen molar-refractivity contribution >= 4 is 24.0 Å². The van der Waals surface area contributed by atoms with Gasteiger partial charge in [0, 0.05) is 18.2 Å². The van der Waals surface area contributed by atoms with Crippen LogP contribution in [0.3, 0.4) is 0 Å². The first kappa shape index (κ1) is 15.0. The Morgan fingerprint density at radius 1 is 1.33 bits per heavy atom. The second-order valence-corrected chi connectivity index (χ2v) is 4.79. The highest BCUT2D eigenvalue weighted by Crippen LogP contribution is 2.25. The summed E-state index contributed by atoms with van der Waals surface area (Å²) >= 11 is 0. The van der Waals surface area contributed by atoms with Gasteiger partial charge in [0.2, 0.25) is 5.91 Å². The van der Waals surface area contributed by atoms with Crippen molar-refractivity contribution in [3.8, 4) is 0 Å². The van der Waals surface area contributed by atoms with Crippen molar-refractivity contribution in [2.45, 2.75) is 26.2 Å². The highest BCUT2D eigenvalue weighted by atomic mass is 35.5. The van der Waals surface area contributed by atoms with E-state index < -0.39 is 0 Å². The lowest BCUT2D eigenvalue weighted by molar-refractivity contribution is -0.119. The van der Waals surface area contributed by atoms with E-state index in [0.717, 1.165) is 12.1 Å². The highest BCUT2D eigenvalue weighted by Gasteiger charge is 2.14. The van der Waals surface area contributed by atoms with Crippen LogP contribution in [0.15, 0.2) is 18.2 Å². The molecule has 1 aromatic carbocycles. The molecule has 0 saturated heterocycles. The van der Waals surface area contributed by atoms with E-state index in [0.29, 0.717) is 6.54 Å². The number of amides is 1. The molecule has 0 spiro atoms. The normalized spacial score (nSPS) is 14.6. The summed E-state index contributed by atoms with van der Waals surface area (Å²) in [5.41, 5.74) is 3.76. The molecule has 1 aromatic rings. The number of carbonyl (C=O) groups is 1. The van der Waals surface area contributed by atoms with Crippen LogP contribution >= 0.6 is 12.4 Å². The van der Waals surface area contributed by atoms with Gasteiger partial charge in [0.25, 0.3) is 0 Å². The molecule has 100 valence electrons. The number of benzene rings is 1. The van der Waals surface area contributed by atoms with Crippen LogP contribution in [-0.4, -0.2) is 19.5 Å². The van der Waals surface area contributed by atoms with Crippen molar-refractivity contribution in [1.29, 1.82) is 0 Å². The summed E-state index contributed by atoms with van der Waals surface area (Å²) in [4.78, 5) is 11.9. The van der Waals surface area contributed by atoms with Crippen LogP contribution in [0.2, 0.25) is 0 Å². The van der Waals surface area contributed by atoms with E-state index >= 15 is 0 Å². The third-order valence-corrected chi connectivity index (χ3v) is 3.32. The fourth-order valence-corrected chi connectivity index (χ4v) is 2.31. The zero-order valence-corrected chi connectivity index (χ0v) is 11.8. The van der Waals surface area contributed by atoms with Gasteiger partial charge in [0.1, 0.15) is 0 Å². The number of carbonyl (C=O) groups excluding carboxylic acids is 1. The molecule has 2 N–H and O–H groups in total. The van der Waals surface area contributed by atoms with Gasteiger partial charge in [-0.1, -0.05) is 13.0 Å². The van der Waals surface area contributed by atoms with E-state index in [1.54, 1.807) is 0 Å². The monoisotopic (exact) mass is 268 g/mol. The maximum absolute atomic E-state index is 11.9. The predicted octanol–water partition coefficient (Wildman–Crippen LogP) is 2.39. The Balaban J connectivity index is 0.00000162. The minimum absolute atomic E-state index is 0. The average Bonchev–Trinajstić information content (AvgIpc) is 2.76. The maximum Gasteiger partial charge on any atom is 0.228 e. The number of rotatable bonds is 4. The second-order valence-electron chi connectivity index (χ2n) is 4.79. The molecular formula is C14H21ClN2O. The average molecular weight is 269 g/mol. The molecule has 0 radical (unpaired) electrons. The smallest absolute Gasteiger partial charge is 0.228 e. The fourth-order valence-electron chi connectivity index (χ4n) is 2.31. The third-order valence-electron chi connectivity index (χ3n) is 3.32. The standard InChI is InChI=1S/C14H20N2O.ClH/c1-10(9-15-2)14(17)16-13-7-6-11-4-3-5-12(11)8-13;/h6-8,10,15H,3-5,9H2,1-2H3,(H,16,17);1H. The van der Waals surface area contributed by atoms with Gasteiger partial charge in [-0.3, -0.25) is 4.79 Å². The summed E-state index contributed by atoms with van der Waals surface area (Å²) in [7, 11) is 1.86. The minimum Gasteiger partial charge on any atom is -0.326 e. The number of nitrogens with one attached hydrogen (secondary N) is 2. The first-order chi connectivity index (χ1) is 8.20. The molecule has 1 unspecified atom stereocenters. The third kappa shape index (κ3) is 3.47. The Kier molecular flexibility index (Phi) is 5.63. The summed E-state index contributed by atoms with van der Waals surface area (Å²) in [6.45, 7) is 2.63. The Morgan fingerprint density at radius 2 is 2.06 bits per heavy atom. The van der Waals surface area contributed by atoms with E-state index in [1.807, 2.05) is 20.0 Å². The van der Waals surface area contributed by atoms with Gasteiger partial charge in [-0.2, -0.15) is 0 Å². The second kappa shape index (κ2) is 6.76. The number of halogens is 1. The van der Waals surface area contributed by atoms with Crippen molar-refractivity contribution in [1.82, 2.24) is 5.32 Å². The summed E-state index contributed by atoms with van der Waals surface area (Å²) in [6.07, 6.45) is 3.56. The van der Waals surface area contributed by atoms with Gasteiger partial charge in [-0.15, -0.1) is 12.4 Å². The van der Waals surface area contributed by atoms with Crippen LogP contribution in [0.4, 0.5) is 5.69 Å². The van der Waals surface area contributed by atoms with E-state index in [1.165, 1.54) is 24.0 Å². The van der Waals surface area contributed by atoms with Crippen LogP contribution in [0, 0.1) is 5.92 Å². The number of fused-ring (bicyclic) bond motifs is 1. The first-order valence-electron chi connectivity index (χ1n) is 6.28. The van der Waals surface area contributed by atoms with E-state index in [9.17, 15) is 4.79 Å². The molecule has 1 aliphatic rings. The molecule has 3 nitrogen and oxygen atoms in total. The zero-order valence-electron chi connectivity index (χ0n) is 11.0. The van der Waals surface area contributed by atoms with Crippen LogP contribution in [-0.2, 0) is 17.6 Å². The Bertz CT molecular complexity index is 420. The minimum atomic E-state index is -0.00625. The zero-order chi connectivity index (χ0) is 12.3. The maximum atomic E-state index is 11.9. The molecule has 1 amide bonds. The van der Waals surface area contributed by atoms with Gasteiger partial charge in [-0.05, 0) is 49.6 Å². The lowest BCUT2D eigenvalue weighted by Crippen LogP contribution is -2.28. The van der Waals surface area contributed by atoms with Crippen LogP contribution in [0.1, 0.15) is 24.5 Å². The van der Waals surface area contributed by atoms with Gasteiger partial charge < -0.3 is 10.6 Å². The number of aryl methyl sites for hydroxylation is 2. The van der Waals surface area contributed by atoms with E-state index in [-0.39, 0.29) is 24.2 Å².